The van der Waals surface area contributed by atoms with Crippen LogP contribution in [0.5, 0.6) is 0 Å². The number of aromatic nitrogens is 2. The van der Waals surface area contributed by atoms with Gasteiger partial charge in [-0.15, -0.1) is 0 Å². The molecule has 1 fully saturated rings. The fourth-order valence-corrected chi connectivity index (χ4v) is 9.36. The third-order valence-electron chi connectivity index (χ3n) is 11.8. The van der Waals surface area contributed by atoms with Crippen molar-refractivity contribution < 1.29 is 5.11 Å². The summed E-state index contributed by atoms with van der Waals surface area (Å²) in [5, 5.41) is 20.4. The molecule has 5 heteroatoms. The quantitative estimate of drug-likeness (QED) is 0.139. The molecule has 0 bridgehead atoms. The van der Waals surface area contributed by atoms with Crippen LogP contribution in [0.25, 0.3) is 32.9 Å². The molecule has 2 aromatic heterocycles. The Kier molecular flexibility index (Phi) is 6.05. The van der Waals surface area contributed by atoms with Gasteiger partial charge in [0.1, 0.15) is 0 Å². The van der Waals surface area contributed by atoms with Gasteiger partial charge in [-0.25, -0.2) is 0 Å². The SMILES string of the molecule is Cc1cccc2c(C3Nc4cc(-c5ccc6c(c5)C(C)(C)C(c5c[nH]c7c(CO)cccc57)N6)ccc4C34CCCCC4)c[nH]c12. The Balaban J connectivity index is 1.09. The summed E-state index contributed by atoms with van der Waals surface area (Å²) in [6.07, 6.45) is 10.7. The first-order chi connectivity index (χ1) is 22.4. The van der Waals surface area contributed by atoms with Crippen LogP contribution in [-0.2, 0) is 17.4 Å². The van der Waals surface area contributed by atoms with Crippen LogP contribution in [0.3, 0.4) is 0 Å². The maximum Gasteiger partial charge on any atom is 0.0702 e. The second kappa shape index (κ2) is 10.0. The minimum Gasteiger partial charge on any atom is -0.392 e. The molecule has 5 nitrogen and oxygen atoms in total. The molecule has 6 aromatic rings. The van der Waals surface area contributed by atoms with Crippen molar-refractivity contribution in [2.24, 2.45) is 0 Å². The average molecular weight is 607 g/mol. The van der Waals surface area contributed by atoms with E-state index >= 15 is 0 Å². The highest BCUT2D eigenvalue weighted by atomic mass is 16.3. The number of anilines is 2. The lowest BCUT2D eigenvalue weighted by atomic mass is 9.65. The predicted octanol–water partition coefficient (Wildman–Crippen LogP) is 9.93. The first-order valence-corrected chi connectivity index (χ1v) is 17.0. The van der Waals surface area contributed by atoms with Gasteiger partial charge in [0.05, 0.1) is 24.2 Å². The number of aliphatic hydroxyl groups is 1. The van der Waals surface area contributed by atoms with Gasteiger partial charge in [0.15, 0.2) is 0 Å². The van der Waals surface area contributed by atoms with Gasteiger partial charge in [-0.05, 0) is 65.8 Å². The number of fused-ring (bicyclic) bond motifs is 5. The van der Waals surface area contributed by atoms with Crippen molar-refractivity contribution in [3.8, 4) is 11.1 Å². The summed E-state index contributed by atoms with van der Waals surface area (Å²) >= 11 is 0. The van der Waals surface area contributed by atoms with E-state index in [0.717, 1.165) is 11.1 Å². The van der Waals surface area contributed by atoms with Crippen molar-refractivity contribution in [1.29, 1.82) is 0 Å². The van der Waals surface area contributed by atoms with E-state index in [4.69, 9.17) is 0 Å². The van der Waals surface area contributed by atoms with Crippen LogP contribution in [-0.4, -0.2) is 15.1 Å². The van der Waals surface area contributed by atoms with Gasteiger partial charge in [0, 0.05) is 67.6 Å². The zero-order valence-corrected chi connectivity index (χ0v) is 26.9. The Bertz CT molecular complexity index is 2140. The zero-order valence-electron chi connectivity index (χ0n) is 26.9. The van der Waals surface area contributed by atoms with Gasteiger partial charge in [-0.2, -0.15) is 0 Å². The summed E-state index contributed by atoms with van der Waals surface area (Å²) in [6, 6.07) is 27.4. The van der Waals surface area contributed by atoms with Crippen LogP contribution in [0, 0.1) is 6.92 Å². The van der Waals surface area contributed by atoms with E-state index in [1.54, 1.807) is 0 Å². The highest BCUT2D eigenvalue weighted by Gasteiger charge is 2.49. The molecule has 5 N–H and O–H groups in total. The lowest BCUT2D eigenvalue weighted by molar-refractivity contribution is 0.271. The smallest absolute Gasteiger partial charge is 0.0702 e. The number of aryl methyl sites for hydroxylation is 1. The minimum absolute atomic E-state index is 0.0291. The van der Waals surface area contributed by atoms with E-state index in [-0.39, 0.29) is 29.5 Å². The fraction of sp³-hybridized carbons (Fsp3) is 0.317. The van der Waals surface area contributed by atoms with Gasteiger partial charge in [0.2, 0.25) is 0 Å². The molecule has 2 aliphatic heterocycles. The van der Waals surface area contributed by atoms with Crippen molar-refractivity contribution in [1.82, 2.24) is 9.97 Å². The number of rotatable bonds is 4. The molecular formula is C41H42N4O. The third kappa shape index (κ3) is 3.84. The molecule has 232 valence electrons. The van der Waals surface area contributed by atoms with Gasteiger partial charge in [-0.1, -0.05) is 87.7 Å². The molecule has 1 aliphatic carbocycles. The molecule has 4 heterocycles. The first-order valence-electron chi connectivity index (χ1n) is 17.0. The summed E-state index contributed by atoms with van der Waals surface area (Å²) < 4.78 is 0. The molecule has 4 aromatic carbocycles. The van der Waals surface area contributed by atoms with Crippen molar-refractivity contribution in [2.45, 2.75) is 82.4 Å². The second-order valence-corrected chi connectivity index (χ2v) is 14.6. The van der Waals surface area contributed by atoms with E-state index in [1.165, 1.54) is 98.7 Å². The number of H-pyrrole nitrogens is 2. The van der Waals surface area contributed by atoms with Crippen molar-refractivity contribution in [3.05, 3.63) is 119 Å². The van der Waals surface area contributed by atoms with Gasteiger partial charge < -0.3 is 25.7 Å². The van der Waals surface area contributed by atoms with Crippen LogP contribution in [0.2, 0.25) is 0 Å². The van der Waals surface area contributed by atoms with Crippen LogP contribution in [0.4, 0.5) is 11.4 Å². The Morgan fingerprint density at radius 3 is 2.17 bits per heavy atom. The molecule has 1 spiro atoms. The highest BCUT2D eigenvalue weighted by molar-refractivity contribution is 5.89. The third-order valence-corrected chi connectivity index (χ3v) is 11.8. The highest BCUT2D eigenvalue weighted by Crippen LogP contribution is 2.58. The number of para-hydroxylation sites is 2. The molecule has 2 unspecified atom stereocenters. The van der Waals surface area contributed by atoms with Gasteiger partial charge in [0.25, 0.3) is 0 Å². The number of hydrogen-bond acceptors (Lipinski definition) is 3. The monoisotopic (exact) mass is 606 g/mol. The van der Waals surface area contributed by atoms with Crippen LogP contribution >= 0.6 is 0 Å². The Morgan fingerprint density at radius 2 is 1.37 bits per heavy atom. The normalized spacial score (nSPS) is 21.0. The molecule has 0 radical (unpaired) electrons. The van der Waals surface area contributed by atoms with Gasteiger partial charge >= 0.3 is 0 Å². The molecule has 46 heavy (non-hydrogen) atoms. The molecule has 9 rings (SSSR count). The lowest BCUT2D eigenvalue weighted by Crippen LogP contribution is -2.34. The number of aliphatic hydroxyl groups excluding tert-OH is 1. The number of hydrogen-bond donors (Lipinski definition) is 5. The number of aromatic amines is 2. The van der Waals surface area contributed by atoms with E-state index < -0.39 is 0 Å². The van der Waals surface area contributed by atoms with Gasteiger partial charge in [-0.3, -0.25) is 0 Å². The van der Waals surface area contributed by atoms with E-state index in [0.29, 0.717) is 0 Å². The summed E-state index contributed by atoms with van der Waals surface area (Å²) in [7, 11) is 0. The summed E-state index contributed by atoms with van der Waals surface area (Å²) in [5.74, 6) is 0. The maximum absolute atomic E-state index is 9.90. The lowest BCUT2D eigenvalue weighted by Gasteiger charge is -2.39. The first kappa shape index (κ1) is 27.8. The Hall–Kier alpha value is -4.48. The second-order valence-electron chi connectivity index (χ2n) is 14.6. The van der Waals surface area contributed by atoms with Crippen molar-refractivity contribution >= 4 is 33.2 Å². The summed E-state index contributed by atoms with van der Waals surface area (Å²) in [6.45, 7) is 6.92. The molecular weight excluding hydrogens is 564 g/mol. The molecule has 2 atom stereocenters. The summed E-state index contributed by atoms with van der Waals surface area (Å²) in [5.41, 5.74) is 15.0. The number of benzene rings is 4. The molecule has 0 saturated heterocycles. The zero-order chi connectivity index (χ0) is 31.2. The van der Waals surface area contributed by atoms with Crippen LogP contribution in [0.15, 0.2) is 85.2 Å². The Morgan fingerprint density at radius 1 is 0.696 bits per heavy atom. The average Bonchev–Trinajstić information content (AvgIpc) is 3.83. The Labute approximate surface area is 270 Å². The molecule has 0 amide bonds. The molecule has 1 saturated carbocycles. The maximum atomic E-state index is 9.90. The topological polar surface area (TPSA) is 75.9 Å². The predicted molar refractivity (Wildman–Crippen MR) is 190 cm³/mol. The van der Waals surface area contributed by atoms with Crippen molar-refractivity contribution in [3.63, 3.8) is 0 Å². The largest absolute Gasteiger partial charge is 0.392 e. The fourth-order valence-electron chi connectivity index (χ4n) is 9.36. The standard InChI is InChI=1S/C41H42N4O/c1-24-9-7-11-28-31(22-42-36(24)28)39-41(17-5-4-6-18-41)32-15-13-26(20-35(32)45-39)25-14-16-34-33(19-25)40(2,3)38(44-34)30-21-43-37-27(23-46)10-8-12-29(30)37/h7-16,19-22,38-39,42-46H,4-6,17-18,23H2,1-3H3. The number of nitrogens with one attached hydrogen (secondary N) is 4. The summed E-state index contributed by atoms with van der Waals surface area (Å²) in [4.78, 5) is 7.07. The van der Waals surface area contributed by atoms with Crippen LogP contribution < -0.4 is 10.6 Å². The minimum atomic E-state index is -0.130. The van der Waals surface area contributed by atoms with E-state index in [2.05, 4.69) is 114 Å². The van der Waals surface area contributed by atoms with Crippen molar-refractivity contribution in [2.75, 3.05) is 10.6 Å². The van der Waals surface area contributed by atoms with E-state index in [9.17, 15) is 5.11 Å². The van der Waals surface area contributed by atoms with Crippen LogP contribution in [0.1, 0.15) is 91.4 Å². The molecule has 3 aliphatic rings. The van der Waals surface area contributed by atoms with E-state index in [1.807, 2.05) is 12.1 Å².